The normalized spacial score (nSPS) is 11.4. The van der Waals surface area contributed by atoms with Crippen LogP contribution in [-0.2, 0) is 6.18 Å². The molecule has 2 aromatic heterocycles. The summed E-state index contributed by atoms with van der Waals surface area (Å²) < 4.78 is 37.8. The van der Waals surface area contributed by atoms with Gasteiger partial charge in [-0.1, -0.05) is 0 Å². The Bertz CT molecular complexity index is 673. The summed E-state index contributed by atoms with van der Waals surface area (Å²) >= 11 is 0.748. The van der Waals surface area contributed by atoms with E-state index >= 15 is 0 Å². The number of rotatable bonds is 3. The fraction of sp³-hybridized carbons (Fsp3) is 0.111. The standard InChI is InChI=1S/C9H7F3N6OS/c10-9(11,12)7-15-4(18-13)3-6(17-7)20-8-14-2-1-5(19)16-8/h1-3H,13H2,(H,14,16,19)(H,15,17,18). The van der Waals surface area contributed by atoms with Crippen molar-refractivity contribution in [3.8, 4) is 0 Å². The van der Waals surface area contributed by atoms with Crippen molar-refractivity contribution in [1.82, 2.24) is 19.9 Å². The van der Waals surface area contributed by atoms with Crippen molar-refractivity contribution in [2.75, 3.05) is 5.43 Å². The molecular formula is C9H7F3N6OS. The number of hydrogen-bond donors (Lipinski definition) is 3. The average Bonchev–Trinajstić information content (AvgIpc) is 2.37. The number of aromatic amines is 1. The van der Waals surface area contributed by atoms with Crippen molar-refractivity contribution in [1.29, 1.82) is 0 Å². The van der Waals surface area contributed by atoms with Gasteiger partial charge in [0.15, 0.2) is 5.16 Å². The van der Waals surface area contributed by atoms with Crippen molar-refractivity contribution < 1.29 is 13.2 Å². The summed E-state index contributed by atoms with van der Waals surface area (Å²) in [6.45, 7) is 0. The minimum atomic E-state index is -4.71. The number of hydrogen-bond acceptors (Lipinski definition) is 7. The largest absolute Gasteiger partial charge is 0.451 e. The number of nitrogens with two attached hydrogens (primary N) is 1. The first-order valence-corrected chi connectivity index (χ1v) is 5.86. The molecule has 0 aliphatic rings. The second-order valence-electron chi connectivity index (χ2n) is 3.40. The fourth-order valence-corrected chi connectivity index (χ4v) is 1.95. The number of halogens is 3. The molecule has 106 valence electrons. The highest BCUT2D eigenvalue weighted by molar-refractivity contribution is 7.99. The van der Waals surface area contributed by atoms with Gasteiger partial charge < -0.3 is 10.4 Å². The van der Waals surface area contributed by atoms with E-state index in [-0.39, 0.29) is 16.0 Å². The summed E-state index contributed by atoms with van der Waals surface area (Å²) in [4.78, 5) is 23.8. The number of nitrogens with one attached hydrogen (secondary N) is 2. The van der Waals surface area contributed by atoms with E-state index in [1.807, 2.05) is 5.43 Å². The maximum absolute atomic E-state index is 12.6. The zero-order chi connectivity index (χ0) is 14.8. The van der Waals surface area contributed by atoms with Gasteiger partial charge in [0, 0.05) is 18.3 Å². The van der Waals surface area contributed by atoms with Crippen LogP contribution in [0.2, 0.25) is 0 Å². The van der Waals surface area contributed by atoms with E-state index in [2.05, 4.69) is 19.9 Å². The zero-order valence-electron chi connectivity index (χ0n) is 9.60. The molecule has 0 radical (unpaired) electrons. The number of H-pyrrole nitrogens is 1. The number of aromatic nitrogens is 4. The van der Waals surface area contributed by atoms with Gasteiger partial charge in [0.1, 0.15) is 10.8 Å². The molecule has 0 spiro atoms. The Morgan fingerprint density at radius 2 is 2.10 bits per heavy atom. The van der Waals surface area contributed by atoms with E-state index in [0.717, 1.165) is 11.8 Å². The van der Waals surface area contributed by atoms with Crippen molar-refractivity contribution in [3.63, 3.8) is 0 Å². The van der Waals surface area contributed by atoms with Crippen LogP contribution in [0.5, 0.6) is 0 Å². The molecule has 11 heteroatoms. The third-order valence-electron chi connectivity index (χ3n) is 1.95. The highest BCUT2D eigenvalue weighted by Gasteiger charge is 2.35. The van der Waals surface area contributed by atoms with Crippen LogP contribution in [0.25, 0.3) is 0 Å². The third kappa shape index (κ3) is 3.45. The summed E-state index contributed by atoms with van der Waals surface area (Å²) in [6.07, 6.45) is -3.48. The van der Waals surface area contributed by atoms with Crippen LogP contribution in [-0.4, -0.2) is 19.9 Å². The molecule has 2 aromatic rings. The average molecular weight is 304 g/mol. The summed E-state index contributed by atoms with van der Waals surface area (Å²) in [5.41, 5.74) is 1.59. The summed E-state index contributed by atoms with van der Waals surface area (Å²) in [5, 5.41) is 0.0434. The van der Waals surface area contributed by atoms with Crippen molar-refractivity contribution in [3.05, 3.63) is 34.5 Å². The maximum Gasteiger partial charge on any atom is 0.451 e. The fourth-order valence-electron chi connectivity index (χ4n) is 1.18. The van der Waals surface area contributed by atoms with E-state index in [0.29, 0.717) is 0 Å². The first-order chi connectivity index (χ1) is 9.38. The molecular weight excluding hydrogens is 297 g/mol. The molecule has 0 aromatic carbocycles. The molecule has 20 heavy (non-hydrogen) atoms. The third-order valence-corrected chi connectivity index (χ3v) is 2.77. The molecule has 4 N–H and O–H groups in total. The van der Waals surface area contributed by atoms with Crippen molar-refractivity contribution in [2.45, 2.75) is 16.4 Å². The molecule has 0 bridgehead atoms. The second-order valence-corrected chi connectivity index (χ2v) is 4.41. The molecule has 0 fully saturated rings. The molecule has 2 rings (SSSR count). The second kappa shape index (κ2) is 5.46. The van der Waals surface area contributed by atoms with Crippen molar-refractivity contribution in [2.24, 2.45) is 5.84 Å². The first-order valence-electron chi connectivity index (χ1n) is 5.04. The number of hydrazine groups is 1. The topological polar surface area (TPSA) is 110 Å². The first kappa shape index (κ1) is 14.3. The molecule has 0 aliphatic carbocycles. The highest BCUT2D eigenvalue weighted by Crippen LogP contribution is 2.30. The van der Waals surface area contributed by atoms with Crippen LogP contribution in [0.1, 0.15) is 5.82 Å². The highest BCUT2D eigenvalue weighted by atomic mass is 32.2. The van der Waals surface area contributed by atoms with Crippen LogP contribution in [0.4, 0.5) is 19.0 Å². The van der Waals surface area contributed by atoms with Crippen LogP contribution < -0.4 is 16.8 Å². The van der Waals surface area contributed by atoms with Gasteiger partial charge in [-0.25, -0.2) is 20.8 Å². The SMILES string of the molecule is NNc1cc(Sc2nccc(=O)[nH]2)nc(C(F)(F)F)n1. The van der Waals surface area contributed by atoms with E-state index in [1.54, 1.807) is 0 Å². The summed E-state index contributed by atoms with van der Waals surface area (Å²) in [6, 6.07) is 2.38. The lowest BCUT2D eigenvalue weighted by molar-refractivity contribution is -0.145. The molecule has 2 heterocycles. The van der Waals surface area contributed by atoms with Crippen molar-refractivity contribution >= 4 is 17.6 Å². The molecule has 7 nitrogen and oxygen atoms in total. The summed E-state index contributed by atoms with van der Waals surface area (Å²) in [5.74, 6) is 3.52. The zero-order valence-corrected chi connectivity index (χ0v) is 10.4. The monoisotopic (exact) mass is 304 g/mol. The number of anilines is 1. The molecule has 0 unspecified atom stereocenters. The predicted molar refractivity (Wildman–Crippen MR) is 63.8 cm³/mol. The van der Waals surface area contributed by atoms with Gasteiger partial charge in [-0.05, 0) is 11.8 Å². The lowest BCUT2D eigenvalue weighted by Gasteiger charge is -2.09. The van der Waals surface area contributed by atoms with Gasteiger partial charge >= 0.3 is 6.18 Å². The molecule has 0 saturated heterocycles. The molecule has 0 aliphatic heterocycles. The maximum atomic E-state index is 12.6. The van der Waals surface area contributed by atoms with Gasteiger partial charge in [0.05, 0.1) is 0 Å². The molecule has 0 atom stereocenters. The van der Waals surface area contributed by atoms with E-state index in [1.165, 1.54) is 18.3 Å². The predicted octanol–water partition coefficient (Wildman–Crippen LogP) is 1.02. The Balaban J connectivity index is 2.38. The molecule has 0 saturated carbocycles. The smallest absolute Gasteiger partial charge is 0.308 e. The minimum absolute atomic E-state index is 0.0605. The van der Waals surface area contributed by atoms with Gasteiger partial charge in [-0.3, -0.25) is 4.79 Å². The molecule has 0 amide bonds. The van der Waals surface area contributed by atoms with Crippen LogP contribution >= 0.6 is 11.8 Å². The summed E-state index contributed by atoms with van der Waals surface area (Å²) in [7, 11) is 0. The number of nitrogens with zero attached hydrogens (tertiary/aromatic N) is 3. The Morgan fingerprint density at radius 1 is 1.35 bits per heavy atom. The lowest BCUT2D eigenvalue weighted by Crippen LogP contribution is -2.16. The minimum Gasteiger partial charge on any atom is -0.308 e. The number of nitrogen functional groups attached to an aromatic ring is 1. The van der Waals surface area contributed by atoms with Crippen LogP contribution in [0.15, 0.2) is 33.3 Å². The Morgan fingerprint density at radius 3 is 2.70 bits per heavy atom. The van der Waals surface area contributed by atoms with Gasteiger partial charge in [-0.2, -0.15) is 13.2 Å². The van der Waals surface area contributed by atoms with E-state index in [4.69, 9.17) is 5.84 Å². The van der Waals surface area contributed by atoms with Gasteiger partial charge in [-0.15, -0.1) is 0 Å². The quantitative estimate of drug-likeness (QED) is 0.336. The van der Waals surface area contributed by atoms with Crippen LogP contribution in [0.3, 0.4) is 0 Å². The van der Waals surface area contributed by atoms with Crippen LogP contribution in [0, 0.1) is 0 Å². The van der Waals surface area contributed by atoms with Gasteiger partial charge in [0.25, 0.3) is 5.56 Å². The van der Waals surface area contributed by atoms with E-state index in [9.17, 15) is 18.0 Å². The lowest BCUT2D eigenvalue weighted by atomic mass is 10.5. The van der Waals surface area contributed by atoms with E-state index < -0.39 is 17.6 Å². The van der Waals surface area contributed by atoms with Gasteiger partial charge in [0.2, 0.25) is 5.82 Å². The Labute approximate surface area is 113 Å². The Hall–Kier alpha value is -2.14. The number of alkyl halides is 3. The Kier molecular flexibility index (Phi) is 3.90.